The van der Waals surface area contributed by atoms with E-state index in [1.165, 1.54) is 6.26 Å². The molecule has 0 radical (unpaired) electrons. The highest BCUT2D eigenvalue weighted by Crippen LogP contribution is 2.33. The Hall–Kier alpha value is -3.28. The van der Waals surface area contributed by atoms with Crippen molar-refractivity contribution in [2.24, 2.45) is 0 Å². The highest BCUT2D eigenvalue weighted by atomic mass is 32.2. The molecule has 0 aliphatic rings. The third-order valence-corrected chi connectivity index (χ3v) is 6.89. The molecule has 0 spiro atoms. The number of fused-ring (bicyclic) bond motifs is 3. The van der Waals surface area contributed by atoms with E-state index in [1.54, 1.807) is 19.5 Å². The monoisotopic (exact) mass is 527 g/mol. The quantitative estimate of drug-likeness (QED) is 0.311. The predicted molar refractivity (Wildman–Crippen MR) is 144 cm³/mol. The fourth-order valence-corrected chi connectivity index (χ4v) is 4.58. The van der Waals surface area contributed by atoms with Gasteiger partial charge in [-0.2, -0.15) is 0 Å². The first-order chi connectivity index (χ1) is 17.5. The zero-order valence-electron chi connectivity index (χ0n) is 21.8. The Morgan fingerprint density at radius 3 is 2.59 bits per heavy atom. The van der Waals surface area contributed by atoms with Crippen molar-refractivity contribution in [3.63, 3.8) is 0 Å². The molecule has 0 fully saturated rings. The second-order valence-electron chi connectivity index (χ2n) is 9.53. The van der Waals surface area contributed by atoms with Crippen molar-refractivity contribution in [2.75, 3.05) is 38.1 Å². The van der Waals surface area contributed by atoms with Gasteiger partial charge in [0.1, 0.15) is 33.5 Å². The number of anilines is 1. The minimum absolute atomic E-state index is 0.0470. The maximum atomic E-state index is 11.6. The van der Waals surface area contributed by atoms with Gasteiger partial charge in [-0.15, -0.1) is 0 Å². The number of nitrogens with zero attached hydrogens (tertiary/aromatic N) is 4. The molecule has 11 heteroatoms. The fourth-order valence-electron chi connectivity index (χ4n) is 4.20. The van der Waals surface area contributed by atoms with Crippen molar-refractivity contribution in [3.8, 4) is 16.9 Å². The van der Waals surface area contributed by atoms with Crippen LogP contribution in [-0.4, -0.2) is 65.9 Å². The van der Waals surface area contributed by atoms with Crippen LogP contribution in [-0.2, 0) is 32.5 Å². The van der Waals surface area contributed by atoms with E-state index in [-0.39, 0.29) is 12.4 Å². The number of hydrogen-bond acceptors (Lipinski definition) is 9. The van der Waals surface area contributed by atoms with Crippen molar-refractivity contribution < 1.29 is 22.6 Å². The third-order valence-electron chi connectivity index (χ3n) is 5.99. The lowest BCUT2D eigenvalue weighted by Crippen LogP contribution is -2.33. The van der Waals surface area contributed by atoms with E-state index in [4.69, 9.17) is 24.9 Å². The average molecular weight is 528 g/mol. The van der Waals surface area contributed by atoms with E-state index < -0.39 is 15.4 Å². The van der Waals surface area contributed by atoms with Gasteiger partial charge in [-0.3, -0.25) is 4.98 Å². The summed E-state index contributed by atoms with van der Waals surface area (Å²) < 4.78 is 42.2. The Balaban J connectivity index is 1.82. The number of imidazole rings is 1. The van der Waals surface area contributed by atoms with Crippen LogP contribution in [0.25, 0.3) is 33.1 Å². The summed E-state index contributed by atoms with van der Waals surface area (Å²) in [6.07, 6.45) is 4.62. The van der Waals surface area contributed by atoms with Gasteiger partial charge in [0.25, 0.3) is 0 Å². The number of hydrogen-bond donors (Lipinski definition) is 1. The average Bonchev–Trinajstić information content (AvgIpc) is 3.19. The number of methoxy groups -OCH3 is 1. The smallest absolute Gasteiger partial charge is 0.152 e. The molecule has 3 heterocycles. The summed E-state index contributed by atoms with van der Waals surface area (Å²) in [7, 11) is -1.53. The maximum absolute atomic E-state index is 11.6. The number of nitrogens with two attached hydrogens (primary N) is 1. The SMILES string of the molecule is CCOCc1nc2c(N)nc3cc(-c4cncc(OC)c4)ccc3c2n1CC(C)(C)OCCS(C)(=O)=O. The number of nitrogen functional groups attached to an aromatic ring is 1. The molecule has 0 aliphatic carbocycles. The van der Waals surface area contributed by atoms with Crippen LogP contribution in [0.1, 0.15) is 26.6 Å². The van der Waals surface area contributed by atoms with E-state index in [2.05, 4.69) is 9.97 Å². The van der Waals surface area contributed by atoms with Crippen LogP contribution in [0.4, 0.5) is 5.82 Å². The first-order valence-electron chi connectivity index (χ1n) is 12.0. The fraction of sp³-hybridized carbons (Fsp3) is 0.423. The molecule has 3 aromatic heterocycles. The summed E-state index contributed by atoms with van der Waals surface area (Å²) >= 11 is 0. The molecule has 0 saturated heterocycles. The molecule has 37 heavy (non-hydrogen) atoms. The number of aromatic nitrogens is 4. The molecule has 0 amide bonds. The van der Waals surface area contributed by atoms with Crippen LogP contribution in [0.2, 0.25) is 0 Å². The first-order valence-corrected chi connectivity index (χ1v) is 14.0. The van der Waals surface area contributed by atoms with Gasteiger partial charge in [-0.1, -0.05) is 12.1 Å². The van der Waals surface area contributed by atoms with Crippen molar-refractivity contribution in [2.45, 2.75) is 39.5 Å². The molecular formula is C26H33N5O5S. The van der Waals surface area contributed by atoms with E-state index in [0.29, 0.717) is 48.2 Å². The molecular weight excluding hydrogens is 494 g/mol. The van der Waals surface area contributed by atoms with Gasteiger partial charge in [-0.25, -0.2) is 18.4 Å². The largest absolute Gasteiger partial charge is 0.495 e. The van der Waals surface area contributed by atoms with Crippen LogP contribution >= 0.6 is 0 Å². The number of sulfone groups is 1. The number of benzene rings is 1. The van der Waals surface area contributed by atoms with Crippen LogP contribution in [0.15, 0.2) is 36.7 Å². The maximum Gasteiger partial charge on any atom is 0.152 e. The molecule has 198 valence electrons. The highest BCUT2D eigenvalue weighted by Gasteiger charge is 2.25. The standard InChI is InChI=1S/C26H33N5O5S/c1-6-35-15-22-30-23-24(31(22)16-26(2,3)36-9-10-37(5,32)33)20-8-7-17(12-21(20)29-25(23)27)18-11-19(34-4)14-28-13-18/h7-8,11-14H,6,9-10,15-16H2,1-5H3,(H2,27,29). The second kappa shape index (κ2) is 10.6. The Morgan fingerprint density at radius 2 is 1.89 bits per heavy atom. The zero-order chi connectivity index (χ0) is 26.8. The Morgan fingerprint density at radius 1 is 1.11 bits per heavy atom. The lowest BCUT2D eigenvalue weighted by Gasteiger charge is -2.27. The summed E-state index contributed by atoms with van der Waals surface area (Å²) in [5.74, 6) is 1.63. The second-order valence-corrected chi connectivity index (χ2v) is 11.8. The van der Waals surface area contributed by atoms with Crippen molar-refractivity contribution >= 4 is 37.6 Å². The van der Waals surface area contributed by atoms with Gasteiger partial charge in [0.05, 0.1) is 48.8 Å². The minimum atomic E-state index is -3.13. The molecule has 2 N–H and O–H groups in total. The van der Waals surface area contributed by atoms with Gasteiger partial charge in [-0.05, 0) is 38.5 Å². The van der Waals surface area contributed by atoms with Gasteiger partial charge in [0.2, 0.25) is 0 Å². The number of pyridine rings is 2. The third kappa shape index (κ3) is 6.17. The normalized spacial score (nSPS) is 12.5. The molecule has 1 aromatic carbocycles. The van der Waals surface area contributed by atoms with Gasteiger partial charge in [0, 0.05) is 30.0 Å². The van der Waals surface area contributed by atoms with Crippen LogP contribution in [0.3, 0.4) is 0 Å². The van der Waals surface area contributed by atoms with Gasteiger partial charge < -0.3 is 24.5 Å². The summed E-state index contributed by atoms with van der Waals surface area (Å²) in [6, 6.07) is 7.88. The topological polar surface area (TPSA) is 131 Å². The van der Waals surface area contributed by atoms with Crippen LogP contribution in [0.5, 0.6) is 5.75 Å². The van der Waals surface area contributed by atoms with E-state index >= 15 is 0 Å². The lowest BCUT2D eigenvalue weighted by atomic mass is 10.0. The number of rotatable bonds is 11. The summed E-state index contributed by atoms with van der Waals surface area (Å²) in [5.41, 5.74) is 9.67. The molecule has 0 saturated carbocycles. The lowest BCUT2D eigenvalue weighted by molar-refractivity contribution is -0.0219. The molecule has 4 rings (SSSR count). The zero-order valence-corrected chi connectivity index (χ0v) is 22.6. The molecule has 10 nitrogen and oxygen atoms in total. The first kappa shape index (κ1) is 26.8. The molecule has 0 bridgehead atoms. The molecule has 4 aromatic rings. The van der Waals surface area contributed by atoms with E-state index in [0.717, 1.165) is 22.0 Å². The van der Waals surface area contributed by atoms with Gasteiger partial charge in [0.15, 0.2) is 5.82 Å². The summed E-state index contributed by atoms with van der Waals surface area (Å²) in [5, 5.41) is 0.881. The Labute approximate surface area is 216 Å². The summed E-state index contributed by atoms with van der Waals surface area (Å²) in [6.45, 7) is 7.10. The van der Waals surface area contributed by atoms with Crippen molar-refractivity contribution in [1.82, 2.24) is 19.5 Å². The predicted octanol–water partition coefficient (Wildman–Crippen LogP) is 3.61. The van der Waals surface area contributed by atoms with Crippen molar-refractivity contribution in [3.05, 3.63) is 42.5 Å². The van der Waals surface area contributed by atoms with Crippen LogP contribution < -0.4 is 10.5 Å². The number of ether oxygens (including phenoxy) is 3. The Bertz CT molecular complexity index is 1530. The molecule has 0 aliphatic heterocycles. The van der Waals surface area contributed by atoms with Gasteiger partial charge >= 0.3 is 0 Å². The van der Waals surface area contributed by atoms with E-state index in [9.17, 15) is 8.42 Å². The van der Waals surface area contributed by atoms with E-state index in [1.807, 2.05) is 49.6 Å². The highest BCUT2D eigenvalue weighted by molar-refractivity contribution is 7.90. The molecule has 0 atom stereocenters. The minimum Gasteiger partial charge on any atom is -0.495 e. The Kier molecular flexibility index (Phi) is 7.67. The molecule has 0 unspecified atom stereocenters. The van der Waals surface area contributed by atoms with Crippen molar-refractivity contribution in [1.29, 1.82) is 0 Å². The summed E-state index contributed by atoms with van der Waals surface area (Å²) in [4.78, 5) is 13.7. The van der Waals surface area contributed by atoms with Crippen LogP contribution in [0, 0.1) is 0 Å².